The zero-order valence-corrected chi connectivity index (χ0v) is 29.5. The Kier molecular flexibility index (Phi) is 22.9. The SMILES string of the molecule is C.C.C.C.O=C(NCNC(=O)Oc1ccc(Oc2ccccc2)cc1)Oc1ccc(Oc2ccccc2)cc1.O=C=NCNC(=O)Oc1ccc(Oc2ccccc2)cc1. The van der Waals surface area contributed by atoms with Gasteiger partial charge in [-0.3, -0.25) is 0 Å². The maximum atomic E-state index is 11.9. The molecule has 14 nitrogen and oxygen atoms in total. The molecule has 0 fully saturated rings. The fourth-order valence-corrected chi connectivity index (χ4v) is 4.36. The molecule has 6 rings (SSSR count). The maximum absolute atomic E-state index is 11.9. The predicted molar refractivity (Wildman–Crippen MR) is 231 cm³/mol. The Morgan fingerprint density at radius 3 is 0.917 bits per heavy atom. The van der Waals surface area contributed by atoms with E-state index in [0.717, 1.165) is 5.75 Å². The summed E-state index contributed by atoms with van der Waals surface area (Å²) in [6.45, 7) is -0.348. The topological polar surface area (TPSA) is 172 Å². The van der Waals surface area contributed by atoms with Gasteiger partial charge in [0.05, 0.1) is 6.67 Å². The second kappa shape index (κ2) is 27.5. The summed E-state index contributed by atoms with van der Waals surface area (Å²) >= 11 is 0. The van der Waals surface area contributed by atoms with Crippen LogP contribution in [0, 0.1) is 0 Å². The molecule has 0 aliphatic rings. The number of benzene rings is 6. The van der Waals surface area contributed by atoms with Crippen LogP contribution in [0.3, 0.4) is 0 Å². The van der Waals surface area contributed by atoms with Crippen LogP contribution in [-0.4, -0.2) is 37.7 Å². The molecular weight excluding hydrogens is 769 g/mol. The number of isocyanates is 1. The number of nitrogens with zero attached hydrogens (tertiary/aromatic N) is 1. The summed E-state index contributed by atoms with van der Waals surface area (Å²) in [6.07, 6.45) is -0.861. The second-order valence-electron chi connectivity index (χ2n) is 10.9. The largest absolute Gasteiger partial charge is 0.457 e. The molecular formula is C46H50N4O10. The lowest BCUT2D eigenvalue weighted by molar-refractivity contribution is 0.192. The first kappa shape index (κ1) is 49.9. The van der Waals surface area contributed by atoms with Crippen molar-refractivity contribution in [1.29, 1.82) is 0 Å². The molecule has 0 saturated carbocycles. The number of hydrogen-bond acceptors (Lipinski definition) is 11. The average Bonchev–Trinajstić information content (AvgIpc) is 3.22. The van der Waals surface area contributed by atoms with Crippen LogP contribution in [0.15, 0.2) is 169 Å². The Balaban J connectivity index is 0.000000625. The fourth-order valence-electron chi connectivity index (χ4n) is 4.36. The summed E-state index contributed by atoms with van der Waals surface area (Å²) in [7, 11) is 0. The molecule has 0 aliphatic carbocycles. The molecule has 14 heteroatoms. The lowest BCUT2D eigenvalue weighted by atomic mass is 10.3. The number of amides is 3. The van der Waals surface area contributed by atoms with Crippen molar-refractivity contribution in [1.82, 2.24) is 16.0 Å². The van der Waals surface area contributed by atoms with Crippen LogP contribution in [0.5, 0.6) is 51.7 Å². The molecule has 6 aromatic carbocycles. The van der Waals surface area contributed by atoms with Crippen molar-refractivity contribution in [3.63, 3.8) is 0 Å². The summed E-state index contributed by atoms with van der Waals surface area (Å²) in [5, 5.41) is 7.09. The summed E-state index contributed by atoms with van der Waals surface area (Å²) in [5.41, 5.74) is 0. The molecule has 6 aromatic rings. The number of nitrogens with one attached hydrogen (secondary N) is 3. The van der Waals surface area contributed by atoms with Crippen molar-refractivity contribution in [2.45, 2.75) is 29.7 Å². The molecule has 3 amide bonds. The lowest BCUT2D eigenvalue weighted by Crippen LogP contribution is -2.39. The van der Waals surface area contributed by atoms with Crippen molar-refractivity contribution in [2.24, 2.45) is 4.99 Å². The van der Waals surface area contributed by atoms with Crippen molar-refractivity contribution in [3.8, 4) is 51.7 Å². The zero-order chi connectivity index (χ0) is 39.2. The van der Waals surface area contributed by atoms with Gasteiger partial charge in [-0.1, -0.05) is 84.3 Å². The van der Waals surface area contributed by atoms with Crippen molar-refractivity contribution < 1.29 is 47.6 Å². The number of ether oxygens (including phenoxy) is 6. The van der Waals surface area contributed by atoms with E-state index in [1.54, 1.807) is 72.8 Å². The number of hydrogen-bond donors (Lipinski definition) is 3. The van der Waals surface area contributed by atoms with E-state index < -0.39 is 18.3 Å². The van der Waals surface area contributed by atoms with E-state index in [0.29, 0.717) is 46.0 Å². The number of rotatable bonds is 13. The minimum Gasteiger partial charge on any atom is -0.457 e. The van der Waals surface area contributed by atoms with Gasteiger partial charge in [0.15, 0.2) is 0 Å². The molecule has 0 saturated heterocycles. The van der Waals surface area contributed by atoms with E-state index in [-0.39, 0.29) is 43.0 Å². The molecule has 0 radical (unpaired) electrons. The summed E-state index contributed by atoms with van der Waals surface area (Å²) in [4.78, 5) is 48.2. The van der Waals surface area contributed by atoms with Gasteiger partial charge < -0.3 is 44.4 Å². The first-order valence-electron chi connectivity index (χ1n) is 16.8. The Labute approximate surface area is 350 Å². The number of carbonyl (C=O) groups is 3. The maximum Gasteiger partial charge on any atom is 0.414 e. The highest BCUT2D eigenvalue weighted by Crippen LogP contribution is 2.26. The smallest absolute Gasteiger partial charge is 0.414 e. The normalized spacial score (nSPS) is 9.13. The Hall–Kier alpha value is -8.09. The van der Waals surface area contributed by atoms with Gasteiger partial charge in [0.1, 0.15) is 58.4 Å². The van der Waals surface area contributed by atoms with E-state index in [2.05, 4.69) is 20.9 Å². The fraction of sp³-hybridized carbons (Fsp3) is 0.130. The molecule has 0 spiro atoms. The van der Waals surface area contributed by atoms with Gasteiger partial charge in [0.25, 0.3) is 0 Å². The second-order valence-corrected chi connectivity index (χ2v) is 10.9. The predicted octanol–water partition coefficient (Wildman–Crippen LogP) is 11.5. The van der Waals surface area contributed by atoms with Crippen LogP contribution in [0.25, 0.3) is 0 Å². The third kappa shape index (κ3) is 18.2. The van der Waals surface area contributed by atoms with Crippen molar-refractivity contribution in [3.05, 3.63) is 164 Å². The van der Waals surface area contributed by atoms with Crippen LogP contribution in [0.2, 0.25) is 0 Å². The van der Waals surface area contributed by atoms with Crippen LogP contribution >= 0.6 is 0 Å². The standard InChI is InChI=1S/C27H22N2O6.C15H12N2O4.4CH4/c30-26(34-24-15-11-22(12-16-24)32-20-7-3-1-4-8-20)28-19-29-27(31)35-25-17-13-23(14-18-25)33-21-9-5-2-6-10-21;18-11-16-10-17-15(19)21-14-8-6-13(7-9-14)20-12-4-2-1-3-5-12;;;;/h1-18H,19H2,(H,28,30)(H,29,31);1-9H,10H2,(H,17,19);4*1H4. The molecule has 0 atom stereocenters. The van der Waals surface area contributed by atoms with E-state index in [9.17, 15) is 19.2 Å². The molecule has 0 bridgehead atoms. The first-order chi connectivity index (χ1) is 27.4. The summed E-state index contributed by atoms with van der Waals surface area (Å²) < 4.78 is 32.3. The van der Waals surface area contributed by atoms with E-state index >= 15 is 0 Å². The molecule has 0 aromatic heterocycles. The van der Waals surface area contributed by atoms with Gasteiger partial charge in [0, 0.05) is 0 Å². The third-order valence-corrected chi connectivity index (χ3v) is 6.87. The van der Waals surface area contributed by atoms with Gasteiger partial charge in [-0.15, -0.1) is 0 Å². The minimum absolute atomic E-state index is 0. The average molecular weight is 819 g/mol. The molecule has 0 aliphatic heterocycles. The lowest BCUT2D eigenvalue weighted by Gasteiger charge is -2.10. The van der Waals surface area contributed by atoms with Crippen LogP contribution < -0.4 is 44.4 Å². The van der Waals surface area contributed by atoms with E-state index in [1.165, 1.54) is 6.08 Å². The Morgan fingerprint density at radius 2 is 0.633 bits per heavy atom. The summed E-state index contributed by atoms with van der Waals surface area (Å²) in [6, 6.07) is 47.7. The molecule has 0 heterocycles. The van der Waals surface area contributed by atoms with Crippen LogP contribution in [-0.2, 0) is 4.79 Å². The highest BCUT2D eigenvalue weighted by atomic mass is 16.6. The van der Waals surface area contributed by atoms with Gasteiger partial charge in [-0.25, -0.2) is 19.2 Å². The number of carbonyl (C=O) groups excluding carboxylic acids is 4. The summed E-state index contributed by atoms with van der Waals surface area (Å²) in [5.74, 6) is 4.95. The van der Waals surface area contributed by atoms with Crippen LogP contribution in [0.1, 0.15) is 29.7 Å². The monoisotopic (exact) mass is 818 g/mol. The quantitative estimate of drug-likeness (QED) is 0.0578. The Morgan fingerprint density at radius 1 is 0.383 bits per heavy atom. The molecule has 314 valence electrons. The number of aliphatic imine (C=N–C) groups is 1. The third-order valence-electron chi connectivity index (χ3n) is 6.87. The van der Waals surface area contributed by atoms with E-state index in [1.807, 2.05) is 91.0 Å². The highest BCUT2D eigenvalue weighted by molar-refractivity contribution is 5.73. The Bertz CT molecular complexity index is 2070. The minimum atomic E-state index is -0.732. The molecule has 0 unspecified atom stereocenters. The van der Waals surface area contributed by atoms with Crippen LogP contribution in [0.4, 0.5) is 14.4 Å². The van der Waals surface area contributed by atoms with Gasteiger partial charge in [0.2, 0.25) is 6.08 Å². The van der Waals surface area contributed by atoms with E-state index in [4.69, 9.17) is 28.4 Å². The molecule has 3 N–H and O–H groups in total. The van der Waals surface area contributed by atoms with Gasteiger partial charge in [-0.2, -0.15) is 4.99 Å². The first-order valence-corrected chi connectivity index (χ1v) is 16.8. The van der Waals surface area contributed by atoms with Gasteiger partial charge >= 0.3 is 18.3 Å². The highest BCUT2D eigenvalue weighted by Gasteiger charge is 2.09. The van der Waals surface area contributed by atoms with Crippen molar-refractivity contribution >= 4 is 24.4 Å². The zero-order valence-electron chi connectivity index (χ0n) is 29.5. The van der Waals surface area contributed by atoms with Crippen molar-refractivity contribution in [2.75, 3.05) is 13.3 Å². The number of para-hydroxylation sites is 3. The molecule has 60 heavy (non-hydrogen) atoms. The van der Waals surface area contributed by atoms with Gasteiger partial charge in [-0.05, 0) is 109 Å².